The third-order valence-corrected chi connectivity index (χ3v) is 3.33. The Bertz CT molecular complexity index is 477. The molecule has 0 bridgehead atoms. The minimum atomic E-state index is 0.133. The predicted octanol–water partition coefficient (Wildman–Crippen LogP) is 3.40. The van der Waals surface area contributed by atoms with Crippen LogP contribution in [0.1, 0.15) is 46.1 Å². The molecule has 0 saturated carbocycles. The summed E-state index contributed by atoms with van der Waals surface area (Å²) in [5, 5.41) is 0. The highest BCUT2D eigenvalue weighted by molar-refractivity contribution is 5.68. The minimum absolute atomic E-state index is 0.133. The van der Waals surface area contributed by atoms with Gasteiger partial charge in [0.25, 0.3) is 0 Å². The van der Waals surface area contributed by atoms with Crippen molar-refractivity contribution in [3.05, 3.63) is 30.1 Å². The van der Waals surface area contributed by atoms with Gasteiger partial charge in [-0.3, -0.25) is 4.98 Å². The van der Waals surface area contributed by atoms with Gasteiger partial charge in [-0.2, -0.15) is 0 Å². The van der Waals surface area contributed by atoms with Gasteiger partial charge < -0.3 is 10.5 Å². The highest BCUT2D eigenvalue weighted by atomic mass is 16.5. The first kappa shape index (κ1) is 14.1. The van der Waals surface area contributed by atoms with Crippen molar-refractivity contribution in [1.82, 2.24) is 4.98 Å². The lowest BCUT2D eigenvalue weighted by molar-refractivity contribution is 0.241. The first-order valence-corrected chi connectivity index (χ1v) is 6.94. The maximum absolute atomic E-state index is 6.13. The molecule has 3 nitrogen and oxygen atoms in total. The van der Waals surface area contributed by atoms with E-state index in [0.717, 1.165) is 24.2 Å². The van der Waals surface area contributed by atoms with Crippen LogP contribution in [-0.4, -0.2) is 17.1 Å². The number of nitrogens with two attached hydrogens (primary N) is 1. The van der Waals surface area contributed by atoms with Gasteiger partial charge >= 0.3 is 0 Å². The Morgan fingerprint density at radius 2 is 2.11 bits per heavy atom. The van der Waals surface area contributed by atoms with Crippen LogP contribution in [0.15, 0.2) is 24.5 Å². The van der Waals surface area contributed by atoms with E-state index in [1.807, 2.05) is 20.0 Å². The fourth-order valence-electron chi connectivity index (χ4n) is 2.73. The van der Waals surface area contributed by atoms with Crippen LogP contribution in [0.5, 0.6) is 5.75 Å². The van der Waals surface area contributed by atoms with Gasteiger partial charge in [0.1, 0.15) is 5.75 Å². The minimum Gasteiger partial charge on any atom is -0.489 e. The Kier molecular flexibility index (Phi) is 3.95. The van der Waals surface area contributed by atoms with Crippen LogP contribution in [0, 0.1) is 5.41 Å². The van der Waals surface area contributed by atoms with Crippen molar-refractivity contribution in [2.24, 2.45) is 11.1 Å². The summed E-state index contributed by atoms with van der Waals surface area (Å²) in [5.41, 5.74) is 8.79. The number of nitrogens with zero attached hydrogens (tertiary/aromatic N) is 1. The van der Waals surface area contributed by atoms with E-state index in [1.54, 1.807) is 6.20 Å². The third kappa shape index (κ3) is 3.80. The molecular weight excluding hydrogens is 236 g/mol. The third-order valence-electron chi connectivity index (χ3n) is 3.33. The Morgan fingerprint density at radius 3 is 2.74 bits per heavy atom. The molecule has 1 aromatic heterocycles. The fourth-order valence-corrected chi connectivity index (χ4v) is 2.73. The van der Waals surface area contributed by atoms with Crippen LogP contribution >= 0.6 is 0 Å². The SMILES string of the molecule is CC(C)Oc1cncc(C2=CC(N)CC(C)(C)C2)c1. The van der Waals surface area contributed by atoms with E-state index >= 15 is 0 Å². The fraction of sp³-hybridized carbons (Fsp3) is 0.562. The van der Waals surface area contributed by atoms with E-state index in [0.29, 0.717) is 0 Å². The summed E-state index contributed by atoms with van der Waals surface area (Å²) in [4.78, 5) is 4.28. The molecule has 0 fully saturated rings. The molecule has 0 spiro atoms. The second-order valence-corrected chi connectivity index (χ2v) is 6.48. The van der Waals surface area contributed by atoms with Gasteiger partial charge in [-0.05, 0) is 49.3 Å². The Hall–Kier alpha value is -1.35. The van der Waals surface area contributed by atoms with Crippen LogP contribution < -0.4 is 10.5 Å². The second kappa shape index (κ2) is 5.33. The monoisotopic (exact) mass is 260 g/mol. The summed E-state index contributed by atoms with van der Waals surface area (Å²) in [7, 11) is 0. The average molecular weight is 260 g/mol. The molecular formula is C16H24N2O. The van der Waals surface area contributed by atoms with Crippen molar-refractivity contribution in [3.63, 3.8) is 0 Å². The molecule has 2 N–H and O–H groups in total. The van der Waals surface area contributed by atoms with Gasteiger partial charge in [-0.15, -0.1) is 0 Å². The van der Waals surface area contributed by atoms with E-state index in [2.05, 4.69) is 31.0 Å². The first-order chi connectivity index (χ1) is 8.85. The van der Waals surface area contributed by atoms with Crippen molar-refractivity contribution < 1.29 is 4.74 Å². The number of allylic oxidation sites excluding steroid dienone is 1. The van der Waals surface area contributed by atoms with E-state index < -0.39 is 0 Å². The largest absolute Gasteiger partial charge is 0.489 e. The van der Waals surface area contributed by atoms with E-state index in [9.17, 15) is 0 Å². The molecule has 104 valence electrons. The zero-order valence-electron chi connectivity index (χ0n) is 12.3. The summed E-state index contributed by atoms with van der Waals surface area (Å²) >= 11 is 0. The van der Waals surface area contributed by atoms with Crippen molar-refractivity contribution >= 4 is 5.57 Å². The molecule has 1 heterocycles. The van der Waals surface area contributed by atoms with Crippen molar-refractivity contribution in [2.45, 2.75) is 52.7 Å². The van der Waals surface area contributed by atoms with Crippen LogP contribution in [0.2, 0.25) is 0 Å². The van der Waals surface area contributed by atoms with Gasteiger partial charge in [0.2, 0.25) is 0 Å². The highest BCUT2D eigenvalue weighted by Crippen LogP contribution is 2.39. The topological polar surface area (TPSA) is 48.1 Å². The number of aromatic nitrogens is 1. The van der Waals surface area contributed by atoms with Gasteiger partial charge in [0.05, 0.1) is 12.3 Å². The number of pyridine rings is 1. The maximum Gasteiger partial charge on any atom is 0.138 e. The molecule has 3 heteroatoms. The Morgan fingerprint density at radius 1 is 1.37 bits per heavy atom. The van der Waals surface area contributed by atoms with Gasteiger partial charge in [-0.1, -0.05) is 19.9 Å². The van der Waals surface area contributed by atoms with E-state index in [-0.39, 0.29) is 17.6 Å². The van der Waals surface area contributed by atoms with Crippen LogP contribution in [0.4, 0.5) is 0 Å². The molecule has 0 aromatic carbocycles. The molecule has 0 aliphatic heterocycles. The Labute approximate surface area is 115 Å². The standard InChI is InChI=1S/C16H24N2O/c1-11(2)19-15-6-13(9-18-10-15)12-5-14(17)8-16(3,4)7-12/h5-6,9-11,14H,7-8,17H2,1-4H3. The van der Waals surface area contributed by atoms with Gasteiger partial charge in [-0.25, -0.2) is 0 Å². The lowest BCUT2D eigenvalue weighted by Gasteiger charge is -2.33. The number of hydrogen-bond acceptors (Lipinski definition) is 3. The molecule has 2 rings (SSSR count). The molecule has 1 aliphatic rings. The molecule has 0 saturated heterocycles. The molecule has 1 aromatic rings. The number of rotatable bonds is 3. The summed E-state index contributed by atoms with van der Waals surface area (Å²) in [6.07, 6.45) is 8.06. The smallest absolute Gasteiger partial charge is 0.138 e. The molecule has 1 unspecified atom stereocenters. The van der Waals surface area contributed by atoms with Crippen LogP contribution in [0.3, 0.4) is 0 Å². The normalized spacial score (nSPS) is 22.2. The van der Waals surface area contributed by atoms with Crippen LogP contribution in [0.25, 0.3) is 5.57 Å². The highest BCUT2D eigenvalue weighted by Gasteiger charge is 2.27. The summed E-state index contributed by atoms with van der Waals surface area (Å²) < 4.78 is 5.70. The van der Waals surface area contributed by atoms with Crippen LogP contribution in [-0.2, 0) is 0 Å². The van der Waals surface area contributed by atoms with Crippen molar-refractivity contribution in [2.75, 3.05) is 0 Å². The van der Waals surface area contributed by atoms with E-state index in [1.165, 1.54) is 5.57 Å². The number of ether oxygens (including phenoxy) is 1. The van der Waals surface area contributed by atoms with Crippen molar-refractivity contribution in [3.8, 4) is 5.75 Å². The summed E-state index contributed by atoms with van der Waals surface area (Å²) in [6, 6.07) is 2.20. The molecule has 0 radical (unpaired) electrons. The lowest BCUT2D eigenvalue weighted by atomic mass is 9.74. The zero-order valence-corrected chi connectivity index (χ0v) is 12.3. The van der Waals surface area contributed by atoms with Gasteiger partial charge in [0, 0.05) is 12.2 Å². The summed E-state index contributed by atoms with van der Waals surface area (Å²) in [5.74, 6) is 0.824. The van der Waals surface area contributed by atoms with Gasteiger partial charge in [0.15, 0.2) is 0 Å². The average Bonchev–Trinajstić information content (AvgIpc) is 2.25. The molecule has 1 aliphatic carbocycles. The first-order valence-electron chi connectivity index (χ1n) is 6.94. The number of hydrogen-bond donors (Lipinski definition) is 1. The summed E-state index contributed by atoms with van der Waals surface area (Å²) in [6.45, 7) is 8.57. The van der Waals surface area contributed by atoms with Crippen molar-refractivity contribution in [1.29, 1.82) is 0 Å². The Balaban J connectivity index is 2.26. The second-order valence-electron chi connectivity index (χ2n) is 6.48. The molecule has 1 atom stereocenters. The van der Waals surface area contributed by atoms with E-state index in [4.69, 9.17) is 10.5 Å². The predicted molar refractivity (Wildman–Crippen MR) is 79.0 cm³/mol. The maximum atomic E-state index is 6.13. The lowest BCUT2D eigenvalue weighted by Crippen LogP contribution is -2.30. The molecule has 0 amide bonds. The quantitative estimate of drug-likeness (QED) is 0.906. The zero-order chi connectivity index (χ0) is 14.0. The molecule has 19 heavy (non-hydrogen) atoms.